The fraction of sp³-hybridized carbons (Fsp3) is 0.120. The Hall–Kier alpha value is -3.18. The van der Waals surface area contributed by atoms with Gasteiger partial charge in [0.1, 0.15) is 0 Å². The lowest BCUT2D eigenvalue weighted by Gasteiger charge is -2.08. The third kappa shape index (κ3) is 4.52. The molecule has 150 valence electrons. The van der Waals surface area contributed by atoms with Gasteiger partial charge in [0.15, 0.2) is 0 Å². The highest BCUT2D eigenvalue weighted by atomic mass is 79.9. The van der Waals surface area contributed by atoms with Crippen molar-refractivity contribution in [2.24, 2.45) is 5.10 Å². The molecule has 0 fully saturated rings. The first-order chi connectivity index (χ1) is 14.6. The second kappa shape index (κ2) is 9.09. The molecular weight excluding hydrogens is 438 g/mol. The van der Waals surface area contributed by atoms with Crippen LogP contribution in [0.2, 0.25) is 0 Å². The Labute approximate surface area is 184 Å². The average Bonchev–Trinajstić information content (AvgIpc) is 3.02. The van der Waals surface area contributed by atoms with Crippen molar-refractivity contribution in [1.29, 1.82) is 0 Å². The number of fused-ring (bicyclic) bond motifs is 1. The van der Waals surface area contributed by atoms with Gasteiger partial charge in [-0.15, -0.1) is 0 Å². The zero-order chi connectivity index (χ0) is 20.9. The van der Waals surface area contributed by atoms with E-state index in [4.69, 9.17) is 0 Å². The smallest absolute Gasteiger partial charge is 0.244 e. The van der Waals surface area contributed by atoms with E-state index in [0.717, 1.165) is 38.7 Å². The zero-order valence-corrected chi connectivity index (χ0v) is 18.3. The van der Waals surface area contributed by atoms with E-state index in [1.807, 2.05) is 42.5 Å². The summed E-state index contributed by atoms with van der Waals surface area (Å²) < 4.78 is 3.28. The molecule has 4 rings (SSSR count). The van der Waals surface area contributed by atoms with Gasteiger partial charge in [-0.25, -0.2) is 5.43 Å². The van der Waals surface area contributed by atoms with Crippen LogP contribution in [0.1, 0.15) is 22.4 Å². The maximum atomic E-state index is 12.2. The van der Waals surface area contributed by atoms with Gasteiger partial charge in [0.25, 0.3) is 0 Å². The number of hydrogen-bond donors (Lipinski definition) is 1. The fourth-order valence-electron chi connectivity index (χ4n) is 3.59. The van der Waals surface area contributed by atoms with Gasteiger partial charge in [-0.2, -0.15) is 5.10 Å². The predicted molar refractivity (Wildman–Crippen MR) is 126 cm³/mol. The van der Waals surface area contributed by atoms with Gasteiger partial charge in [-0.1, -0.05) is 76.6 Å². The highest BCUT2D eigenvalue weighted by molar-refractivity contribution is 9.10. The Morgan fingerprint density at radius 2 is 1.67 bits per heavy atom. The van der Waals surface area contributed by atoms with Crippen LogP contribution in [0.5, 0.6) is 0 Å². The van der Waals surface area contributed by atoms with Gasteiger partial charge in [-0.05, 0) is 36.2 Å². The molecule has 1 heterocycles. The predicted octanol–water partition coefficient (Wildman–Crippen LogP) is 5.45. The van der Waals surface area contributed by atoms with Crippen molar-refractivity contribution >= 4 is 39.0 Å². The summed E-state index contributed by atoms with van der Waals surface area (Å²) in [5, 5.41) is 5.36. The molecule has 0 radical (unpaired) electrons. The van der Waals surface area contributed by atoms with E-state index in [-0.39, 0.29) is 5.91 Å². The lowest BCUT2D eigenvalue weighted by atomic mass is 10.1. The van der Waals surface area contributed by atoms with Crippen molar-refractivity contribution in [2.75, 3.05) is 0 Å². The van der Waals surface area contributed by atoms with Crippen molar-refractivity contribution in [3.8, 4) is 0 Å². The Morgan fingerprint density at radius 1 is 0.967 bits per heavy atom. The molecule has 0 atom stereocenters. The van der Waals surface area contributed by atoms with Crippen molar-refractivity contribution < 1.29 is 4.79 Å². The van der Waals surface area contributed by atoms with Gasteiger partial charge in [-0.3, -0.25) is 4.79 Å². The number of hydrazone groups is 1. The normalized spacial score (nSPS) is 11.3. The van der Waals surface area contributed by atoms with E-state index in [2.05, 4.69) is 74.3 Å². The zero-order valence-electron chi connectivity index (χ0n) is 16.7. The third-order valence-corrected chi connectivity index (χ3v) is 5.65. The lowest BCUT2D eigenvalue weighted by molar-refractivity contribution is -0.120. The number of carbonyl (C=O) groups excluding carboxylic acids is 1. The third-order valence-electron chi connectivity index (χ3n) is 5.12. The maximum Gasteiger partial charge on any atom is 0.244 e. The largest absolute Gasteiger partial charge is 0.340 e. The van der Waals surface area contributed by atoms with Crippen LogP contribution in [-0.4, -0.2) is 16.7 Å². The van der Waals surface area contributed by atoms with E-state index in [0.29, 0.717) is 6.42 Å². The van der Waals surface area contributed by atoms with E-state index in [1.54, 1.807) is 6.21 Å². The summed E-state index contributed by atoms with van der Waals surface area (Å²) in [4.78, 5) is 12.2. The van der Waals surface area contributed by atoms with Crippen LogP contribution in [0.15, 0.2) is 88.4 Å². The van der Waals surface area contributed by atoms with Crippen LogP contribution >= 0.6 is 15.9 Å². The van der Waals surface area contributed by atoms with E-state index >= 15 is 0 Å². The average molecular weight is 460 g/mol. The van der Waals surface area contributed by atoms with Gasteiger partial charge < -0.3 is 4.57 Å². The van der Waals surface area contributed by atoms with Crippen molar-refractivity contribution in [1.82, 2.24) is 9.99 Å². The molecule has 0 aliphatic heterocycles. The summed E-state index contributed by atoms with van der Waals surface area (Å²) in [7, 11) is 0. The summed E-state index contributed by atoms with van der Waals surface area (Å²) in [6.07, 6.45) is 2.04. The Kier molecular flexibility index (Phi) is 6.10. The minimum atomic E-state index is -0.140. The molecule has 0 saturated heterocycles. The molecule has 3 aromatic carbocycles. The minimum Gasteiger partial charge on any atom is -0.340 e. The second-order valence-corrected chi connectivity index (χ2v) is 8.10. The van der Waals surface area contributed by atoms with Crippen LogP contribution in [-0.2, 0) is 17.8 Å². The number of nitrogens with zero attached hydrogens (tertiary/aromatic N) is 2. The molecule has 0 unspecified atom stereocenters. The van der Waals surface area contributed by atoms with Gasteiger partial charge in [0.05, 0.1) is 12.6 Å². The molecule has 0 aliphatic carbocycles. The number of hydrogen-bond acceptors (Lipinski definition) is 2. The summed E-state index contributed by atoms with van der Waals surface area (Å²) in [6.45, 7) is 2.88. The van der Waals surface area contributed by atoms with E-state index in [9.17, 15) is 4.79 Å². The number of aromatic nitrogens is 1. The molecule has 5 heteroatoms. The van der Waals surface area contributed by atoms with Crippen LogP contribution < -0.4 is 5.43 Å². The van der Waals surface area contributed by atoms with Gasteiger partial charge in [0, 0.05) is 33.2 Å². The minimum absolute atomic E-state index is 0.140. The highest BCUT2D eigenvalue weighted by Gasteiger charge is 2.12. The molecule has 30 heavy (non-hydrogen) atoms. The first-order valence-corrected chi connectivity index (χ1v) is 10.6. The molecule has 1 aromatic heterocycles. The van der Waals surface area contributed by atoms with Crippen LogP contribution in [0.25, 0.3) is 10.9 Å². The molecule has 0 saturated carbocycles. The highest BCUT2D eigenvalue weighted by Crippen LogP contribution is 2.25. The van der Waals surface area contributed by atoms with Crippen LogP contribution in [0.3, 0.4) is 0 Å². The molecule has 0 aliphatic rings. The van der Waals surface area contributed by atoms with Crippen LogP contribution in [0, 0.1) is 6.92 Å². The number of para-hydroxylation sites is 1. The molecule has 1 amide bonds. The lowest BCUT2D eigenvalue weighted by Crippen LogP contribution is -2.19. The number of nitrogens with one attached hydrogen (secondary N) is 1. The molecule has 4 nitrogen and oxygen atoms in total. The molecule has 1 N–H and O–H groups in total. The van der Waals surface area contributed by atoms with Crippen molar-refractivity contribution in [2.45, 2.75) is 19.9 Å². The van der Waals surface area contributed by atoms with Gasteiger partial charge in [0.2, 0.25) is 5.91 Å². The first kappa shape index (κ1) is 20.1. The van der Waals surface area contributed by atoms with Crippen molar-refractivity contribution in [3.63, 3.8) is 0 Å². The summed E-state index contributed by atoms with van der Waals surface area (Å²) >= 11 is 3.40. The number of carbonyl (C=O) groups is 1. The van der Waals surface area contributed by atoms with Gasteiger partial charge >= 0.3 is 0 Å². The maximum absolute atomic E-state index is 12.2. The first-order valence-electron chi connectivity index (χ1n) is 9.80. The topological polar surface area (TPSA) is 46.4 Å². The number of amides is 1. The standard InChI is InChI=1S/C25H22BrN3O/c1-18-23(16-27-28-25(30)15-19-11-13-21(26)14-12-19)22-9-5-6-10-24(22)29(18)17-20-7-3-2-4-8-20/h2-14,16H,15,17H2,1H3,(H,28,30)/b27-16-. The van der Waals surface area contributed by atoms with Crippen molar-refractivity contribution in [3.05, 3.63) is 106 Å². The Bertz CT molecular complexity index is 1190. The molecular formula is C25H22BrN3O. The SMILES string of the molecule is Cc1c(/C=N\NC(=O)Cc2ccc(Br)cc2)c2ccccc2n1Cc1ccccc1. The van der Waals surface area contributed by atoms with E-state index < -0.39 is 0 Å². The fourth-order valence-corrected chi connectivity index (χ4v) is 3.85. The number of halogens is 1. The monoisotopic (exact) mass is 459 g/mol. The summed E-state index contributed by atoms with van der Waals surface area (Å²) in [5.41, 5.74) is 8.13. The molecule has 0 spiro atoms. The number of rotatable bonds is 6. The molecule has 0 bridgehead atoms. The molecule has 4 aromatic rings. The Balaban J connectivity index is 1.54. The van der Waals surface area contributed by atoms with Crippen LogP contribution in [0.4, 0.5) is 0 Å². The number of benzene rings is 3. The quantitative estimate of drug-likeness (QED) is 0.302. The second-order valence-electron chi connectivity index (χ2n) is 7.18. The Morgan fingerprint density at radius 3 is 2.43 bits per heavy atom. The van der Waals surface area contributed by atoms with E-state index in [1.165, 1.54) is 5.56 Å². The summed E-state index contributed by atoms with van der Waals surface area (Å²) in [5.74, 6) is -0.140. The summed E-state index contributed by atoms with van der Waals surface area (Å²) in [6, 6.07) is 26.4.